The Morgan fingerprint density at radius 3 is 1.03 bits per heavy atom. The Kier molecular flexibility index (Phi) is 71.5. The van der Waals surface area contributed by atoms with Crippen LogP contribution in [0.2, 0.25) is 0 Å². The lowest BCUT2D eigenvalue weighted by atomic mass is 9.97. The van der Waals surface area contributed by atoms with E-state index in [1.165, 1.54) is 327 Å². The minimum atomic E-state index is -1.79. The number of unbranched alkanes of at least 4 members (excludes halogenated alkanes) is 55. The average Bonchev–Trinajstić information content (AvgIpc) is 0.789. The predicted octanol–water partition coefficient (Wildman–Crippen LogP) is 22.4. The fourth-order valence-electron chi connectivity index (χ4n) is 15.0. The van der Waals surface area contributed by atoms with Crippen LogP contribution >= 0.6 is 0 Å². The Hall–Kier alpha value is -2.57. The zero-order valence-corrected chi connectivity index (χ0v) is 69.1. The molecule has 2 aliphatic heterocycles. The van der Waals surface area contributed by atoms with Crippen molar-refractivity contribution in [3.63, 3.8) is 0 Å². The van der Waals surface area contributed by atoms with Gasteiger partial charge in [-0.05, 0) is 70.6 Å². The Bertz CT molecular complexity index is 2080. The molecule has 0 aromatic carbocycles. The van der Waals surface area contributed by atoms with Crippen molar-refractivity contribution in [3.05, 3.63) is 72.9 Å². The van der Waals surface area contributed by atoms with Gasteiger partial charge in [0.05, 0.1) is 32.0 Å². The van der Waals surface area contributed by atoms with Gasteiger partial charge in [-0.1, -0.05) is 414 Å². The smallest absolute Gasteiger partial charge is 0.220 e. The van der Waals surface area contributed by atoms with Crippen LogP contribution in [0.1, 0.15) is 418 Å². The third kappa shape index (κ3) is 58.0. The molecule has 14 heteroatoms. The molecule has 0 aromatic rings. The second-order valence-electron chi connectivity index (χ2n) is 32.0. The minimum Gasteiger partial charge on any atom is -0.394 e. The SMILES string of the molecule is CC/C=C\C/C=C\C/C=C\C/C=C\CCCCCCCCCCCCCCCCCCCCCCCCCCCCCCC(=O)NC(COC1OC(CO)C(OC2OC(CO)C(O)C(O)C2O)C(O)C1O)C(O)/C=C/CC/C=C/CCCCCCCCCCCCCCCCCCCCCCCCCCCC. The molecule has 107 heavy (non-hydrogen) atoms. The molecule has 0 saturated carbocycles. The summed E-state index contributed by atoms with van der Waals surface area (Å²) in [5.41, 5.74) is 0. The first kappa shape index (κ1) is 101. The monoisotopic (exact) mass is 1510 g/mol. The molecule has 12 atom stereocenters. The van der Waals surface area contributed by atoms with Gasteiger partial charge in [-0.25, -0.2) is 0 Å². The van der Waals surface area contributed by atoms with Gasteiger partial charge in [0.2, 0.25) is 5.91 Å². The van der Waals surface area contributed by atoms with Crippen LogP contribution in [-0.4, -0.2) is 140 Å². The second-order valence-corrected chi connectivity index (χ2v) is 32.0. The third-order valence-electron chi connectivity index (χ3n) is 22.1. The summed E-state index contributed by atoms with van der Waals surface area (Å²) < 4.78 is 23.0. The van der Waals surface area contributed by atoms with Crippen LogP contribution in [0.5, 0.6) is 0 Å². The molecule has 12 unspecified atom stereocenters. The van der Waals surface area contributed by atoms with Crippen LogP contribution in [0.3, 0.4) is 0 Å². The van der Waals surface area contributed by atoms with Crippen molar-refractivity contribution in [2.75, 3.05) is 19.8 Å². The molecule has 0 radical (unpaired) electrons. The summed E-state index contributed by atoms with van der Waals surface area (Å²) >= 11 is 0. The summed E-state index contributed by atoms with van der Waals surface area (Å²) in [7, 11) is 0. The van der Waals surface area contributed by atoms with E-state index in [4.69, 9.17) is 18.9 Å². The largest absolute Gasteiger partial charge is 0.394 e. The van der Waals surface area contributed by atoms with Gasteiger partial charge in [0.25, 0.3) is 0 Å². The predicted molar refractivity (Wildman–Crippen MR) is 447 cm³/mol. The summed E-state index contributed by atoms with van der Waals surface area (Å²) in [5, 5.41) is 87.9. The van der Waals surface area contributed by atoms with Gasteiger partial charge >= 0.3 is 0 Å². The summed E-state index contributed by atoms with van der Waals surface area (Å²) in [6, 6.07) is -0.934. The fraction of sp³-hybridized carbons (Fsp3) is 0.860. The summed E-state index contributed by atoms with van der Waals surface area (Å²) in [5.74, 6) is -0.241. The van der Waals surface area contributed by atoms with E-state index in [0.29, 0.717) is 12.8 Å². The van der Waals surface area contributed by atoms with Gasteiger partial charge < -0.3 is 65.1 Å². The van der Waals surface area contributed by atoms with Crippen LogP contribution in [0.15, 0.2) is 72.9 Å². The number of carbonyl (C=O) groups excluding carboxylic acids is 1. The van der Waals surface area contributed by atoms with Crippen molar-refractivity contribution >= 4 is 5.91 Å². The molecule has 0 aromatic heterocycles. The molecule has 14 nitrogen and oxygen atoms in total. The Morgan fingerprint density at radius 1 is 0.346 bits per heavy atom. The van der Waals surface area contributed by atoms with Crippen molar-refractivity contribution in [2.24, 2.45) is 0 Å². The quantitative estimate of drug-likeness (QED) is 0.0204. The van der Waals surface area contributed by atoms with E-state index in [1.807, 2.05) is 6.08 Å². The minimum absolute atomic E-state index is 0.241. The molecule has 9 N–H and O–H groups in total. The summed E-state index contributed by atoms with van der Waals surface area (Å²) in [6.45, 7) is 2.74. The lowest BCUT2D eigenvalue weighted by Gasteiger charge is -2.46. The molecule has 0 aliphatic carbocycles. The maximum Gasteiger partial charge on any atom is 0.220 e. The van der Waals surface area contributed by atoms with E-state index >= 15 is 0 Å². The highest BCUT2D eigenvalue weighted by molar-refractivity contribution is 5.76. The van der Waals surface area contributed by atoms with Crippen molar-refractivity contribution in [3.8, 4) is 0 Å². The van der Waals surface area contributed by atoms with Crippen LogP contribution in [0.25, 0.3) is 0 Å². The summed E-state index contributed by atoms with van der Waals surface area (Å²) in [4.78, 5) is 13.4. The number of nitrogens with one attached hydrogen (secondary N) is 1. The number of carbonyl (C=O) groups is 1. The highest BCUT2D eigenvalue weighted by atomic mass is 16.7. The maximum atomic E-state index is 13.4. The summed E-state index contributed by atoms with van der Waals surface area (Å²) in [6.07, 6.45) is 90.4. The molecule has 1 amide bonds. The highest BCUT2D eigenvalue weighted by Crippen LogP contribution is 2.31. The lowest BCUT2D eigenvalue weighted by Crippen LogP contribution is -2.65. The number of aliphatic hydroxyl groups excluding tert-OH is 8. The van der Waals surface area contributed by atoms with Crippen molar-refractivity contribution in [1.29, 1.82) is 0 Å². The molecule has 2 saturated heterocycles. The molecule has 0 bridgehead atoms. The molecule has 0 spiro atoms. The van der Waals surface area contributed by atoms with E-state index < -0.39 is 86.8 Å². The zero-order valence-electron chi connectivity index (χ0n) is 69.1. The van der Waals surface area contributed by atoms with E-state index in [9.17, 15) is 45.6 Å². The standard InChI is InChI=1S/C93H171NO13/c1-3-5-7-9-11-13-15-17-19-21-23-25-27-29-31-33-35-37-38-39-40-41-42-43-44-45-47-49-51-53-55-57-59-61-63-65-67-69-71-73-75-77-85(98)94-81(80-104-92-90(103)88(101)91(84(79-96)106-92)107-93-89(102)87(100)86(99)83(78-95)105-93)82(97)76-74-72-70-68-66-64-62-60-58-56-54-52-50-48-46-36-34-32-30-28-26-24-22-20-18-16-14-12-10-8-6-4-2/h5,7,11,13,17,19,23,25,66,68,74,76,81-84,86-93,95-97,99-103H,3-4,6,8-10,12,14-16,18,20-22,24,26-65,67,69-73,75,77-80H2,1-2H3,(H,94,98)/b7-5-,13-11-,19-17-,25-23-,68-66+,76-74+. The molecular formula is C93H171NO13. The molecule has 2 fully saturated rings. The first-order valence-electron chi connectivity index (χ1n) is 45.7. The lowest BCUT2D eigenvalue weighted by molar-refractivity contribution is -0.359. The van der Waals surface area contributed by atoms with Crippen molar-refractivity contribution in [2.45, 2.75) is 492 Å². The molecule has 2 rings (SSSR count). The maximum absolute atomic E-state index is 13.4. The number of hydrogen-bond donors (Lipinski definition) is 9. The molecular weight excluding hydrogens is 1340 g/mol. The van der Waals surface area contributed by atoms with Crippen LogP contribution in [-0.2, 0) is 23.7 Å². The van der Waals surface area contributed by atoms with Gasteiger partial charge in [0, 0.05) is 6.42 Å². The van der Waals surface area contributed by atoms with Crippen molar-refractivity contribution < 1.29 is 64.6 Å². The normalized spacial score (nSPS) is 21.5. The average molecular weight is 1510 g/mol. The fourth-order valence-corrected chi connectivity index (χ4v) is 15.0. The van der Waals surface area contributed by atoms with Gasteiger partial charge in [-0.3, -0.25) is 4.79 Å². The molecule has 2 aliphatic rings. The van der Waals surface area contributed by atoms with E-state index in [2.05, 4.69) is 79.9 Å². The molecule has 626 valence electrons. The number of hydrogen-bond acceptors (Lipinski definition) is 13. The van der Waals surface area contributed by atoms with Crippen molar-refractivity contribution in [1.82, 2.24) is 5.32 Å². The first-order chi connectivity index (χ1) is 52.6. The molecule has 2 heterocycles. The van der Waals surface area contributed by atoms with Gasteiger partial charge in [-0.2, -0.15) is 0 Å². The number of ether oxygens (including phenoxy) is 4. The van der Waals surface area contributed by atoms with E-state index in [-0.39, 0.29) is 18.9 Å². The number of allylic oxidation sites excluding steroid dienone is 11. The van der Waals surface area contributed by atoms with Gasteiger partial charge in [0.1, 0.15) is 48.8 Å². The van der Waals surface area contributed by atoms with E-state index in [0.717, 1.165) is 57.8 Å². The van der Waals surface area contributed by atoms with Crippen LogP contribution in [0.4, 0.5) is 0 Å². The Morgan fingerprint density at radius 2 is 0.654 bits per heavy atom. The van der Waals surface area contributed by atoms with Crippen LogP contribution in [0, 0.1) is 0 Å². The second kappa shape index (κ2) is 76.1. The topological polar surface area (TPSA) is 228 Å². The first-order valence-corrected chi connectivity index (χ1v) is 45.7. The number of aliphatic hydroxyl groups is 8. The Labute approximate surface area is 657 Å². The van der Waals surface area contributed by atoms with Gasteiger partial charge in [0.15, 0.2) is 12.6 Å². The number of amides is 1. The third-order valence-corrected chi connectivity index (χ3v) is 22.1. The Balaban J connectivity index is 1.55. The number of rotatable bonds is 78. The highest BCUT2D eigenvalue weighted by Gasteiger charge is 2.51. The van der Waals surface area contributed by atoms with E-state index in [1.54, 1.807) is 6.08 Å². The van der Waals surface area contributed by atoms with Crippen LogP contribution < -0.4 is 5.32 Å². The zero-order chi connectivity index (χ0) is 77.2. The van der Waals surface area contributed by atoms with Gasteiger partial charge in [-0.15, -0.1) is 0 Å².